The standard InChI is InChI=1S/C21H32F2O2/c1-4-19(20(22)23)21(24,16-8-6-5-7-9-16)17-10-12-18(13-11-17)25-14-15(2)3/h10-13,15-16,19-20,24H,4-9,14H2,1-3H3. The van der Waals surface area contributed by atoms with E-state index in [0.29, 0.717) is 23.8 Å². The zero-order valence-corrected chi connectivity index (χ0v) is 15.7. The molecule has 0 amide bonds. The summed E-state index contributed by atoms with van der Waals surface area (Å²) in [5.74, 6) is -0.0173. The van der Waals surface area contributed by atoms with Crippen LogP contribution in [0, 0.1) is 17.8 Å². The van der Waals surface area contributed by atoms with Gasteiger partial charge < -0.3 is 9.84 Å². The molecule has 1 N–H and O–H groups in total. The van der Waals surface area contributed by atoms with E-state index < -0.39 is 17.9 Å². The second-order valence-corrected chi connectivity index (χ2v) is 7.74. The molecule has 0 aromatic heterocycles. The minimum Gasteiger partial charge on any atom is -0.493 e. The highest BCUT2D eigenvalue weighted by atomic mass is 19.3. The molecule has 2 rings (SSSR count). The van der Waals surface area contributed by atoms with Crippen molar-refractivity contribution in [2.75, 3.05) is 6.61 Å². The smallest absolute Gasteiger partial charge is 0.244 e. The lowest BCUT2D eigenvalue weighted by molar-refractivity contribution is -0.136. The van der Waals surface area contributed by atoms with Crippen molar-refractivity contribution in [1.29, 1.82) is 0 Å². The van der Waals surface area contributed by atoms with Gasteiger partial charge in [0.25, 0.3) is 0 Å². The molecule has 0 saturated heterocycles. The first kappa shape index (κ1) is 20.2. The second kappa shape index (κ2) is 8.98. The highest BCUT2D eigenvalue weighted by molar-refractivity contribution is 5.32. The fourth-order valence-electron chi connectivity index (χ4n) is 4.06. The lowest BCUT2D eigenvalue weighted by atomic mass is 9.66. The number of halogens is 2. The molecule has 4 heteroatoms. The van der Waals surface area contributed by atoms with E-state index in [4.69, 9.17) is 4.74 Å². The minimum atomic E-state index is -2.53. The first-order chi connectivity index (χ1) is 11.9. The highest BCUT2D eigenvalue weighted by Gasteiger charge is 2.48. The van der Waals surface area contributed by atoms with Gasteiger partial charge in [0, 0.05) is 0 Å². The Hall–Kier alpha value is -1.16. The van der Waals surface area contributed by atoms with Gasteiger partial charge in [-0.25, -0.2) is 8.78 Å². The Labute approximate surface area is 150 Å². The van der Waals surface area contributed by atoms with E-state index in [1.54, 1.807) is 31.2 Å². The van der Waals surface area contributed by atoms with Gasteiger partial charge in [-0.1, -0.05) is 52.2 Å². The van der Waals surface area contributed by atoms with Crippen molar-refractivity contribution < 1.29 is 18.6 Å². The minimum absolute atomic E-state index is 0.109. The van der Waals surface area contributed by atoms with Crippen molar-refractivity contribution in [3.8, 4) is 5.75 Å². The molecule has 1 aromatic rings. The van der Waals surface area contributed by atoms with Crippen molar-refractivity contribution >= 4 is 0 Å². The van der Waals surface area contributed by atoms with E-state index in [1.807, 2.05) is 0 Å². The number of rotatable bonds is 8. The molecule has 2 nitrogen and oxygen atoms in total. The third-order valence-corrected chi connectivity index (χ3v) is 5.44. The van der Waals surface area contributed by atoms with Gasteiger partial charge in [-0.2, -0.15) is 0 Å². The van der Waals surface area contributed by atoms with Crippen molar-refractivity contribution in [2.24, 2.45) is 17.8 Å². The van der Waals surface area contributed by atoms with E-state index >= 15 is 0 Å². The molecule has 0 bridgehead atoms. The summed E-state index contributed by atoms with van der Waals surface area (Å²) in [7, 11) is 0. The molecule has 0 spiro atoms. The summed E-state index contributed by atoms with van der Waals surface area (Å²) in [6, 6.07) is 7.14. The SMILES string of the molecule is CCC(C(F)F)C(O)(c1ccc(OCC(C)C)cc1)C1CCCCC1. The third kappa shape index (κ3) is 4.72. The maximum Gasteiger partial charge on any atom is 0.244 e. The molecular weight excluding hydrogens is 322 g/mol. The zero-order chi connectivity index (χ0) is 18.4. The van der Waals surface area contributed by atoms with Gasteiger partial charge in [-0.15, -0.1) is 0 Å². The normalized spacial score (nSPS) is 19.8. The first-order valence-corrected chi connectivity index (χ1v) is 9.63. The highest BCUT2D eigenvalue weighted by Crippen LogP contribution is 2.47. The van der Waals surface area contributed by atoms with Gasteiger partial charge in [0.2, 0.25) is 6.43 Å². The molecule has 1 fully saturated rings. The molecular formula is C21H32F2O2. The molecule has 1 aliphatic rings. The number of alkyl halides is 2. The van der Waals surface area contributed by atoms with Crippen molar-refractivity contribution in [3.05, 3.63) is 29.8 Å². The van der Waals surface area contributed by atoms with Crippen LogP contribution in [0.1, 0.15) is 64.9 Å². The maximum absolute atomic E-state index is 13.7. The summed E-state index contributed by atoms with van der Waals surface area (Å²) in [5, 5.41) is 11.5. The van der Waals surface area contributed by atoms with Crippen molar-refractivity contribution in [1.82, 2.24) is 0 Å². The topological polar surface area (TPSA) is 29.5 Å². The summed E-state index contributed by atoms with van der Waals surface area (Å²) in [5.41, 5.74) is -0.872. The van der Waals surface area contributed by atoms with Crippen LogP contribution in [-0.4, -0.2) is 18.1 Å². The summed E-state index contributed by atoms with van der Waals surface area (Å²) < 4.78 is 33.2. The van der Waals surface area contributed by atoms with Crippen molar-refractivity contribution in [2.45, 2.75) is 71.3 Å². The number of aliphatic hydroxyl groups is 1. The predicted octanol–water partition coefficient (Wildman–Crippen LogP) is 5.78. The number of ether oxygens (including phenoxy) is 1. The third-order valence-electron chi connectivity index (χ3n) is 5.44. The van der Waals surface area contributed by atoms with E-state index in [2.05, 4.69) is 13.8 Å². The van der Waals surface area contributed by atoms with Gasteiger partial charge in [0.15, 0.2) is 0 Å². The van der Waals surface area contributed by atoms with Gasteiger partial charge >= 0.3 is 0 Å². The Morgan fingerprint density at radius 1 is 1.12 bits per heavy atom. The van der Waals surface area contributed by atoms with Gasteiger partial charge in [-0.3, -0.25) is 0 Å². The zero-order valence-electron chi connectivity index (χ0n) is 15.7. The van der Waals surface area contributed by atoms with Crippen LogP contribution in [-0.2, 0) is 5.60 Å². The average Bonchev–Trinajstić information content (AvgIpc) is 2.61. The second-order valence-electron chi connectivity index (χ2n) is 7.74. The molecule has 1 aromatic carbocycles. The van der Waals surface area contributed by atoms with Crippen LogP contribution in [0.4, 0.5) is 8.78 Å². The predicted molar refractivity (Wildman–Crippen MR) is 97.0 cm³/mol. The number of benzene rings is 1. The molecule has 1 aliphatic carbocycles. The van der Waals surface area contributed by atoms with Crippen LogP contribution < -0.4 is 4.74 Å². The van der Waals surface area contributed by atoms with Crippen LogP contribution in [0.15, 0.2) is 24.3 Å². The maximum atomic E-state index is 13.7. The monoisotopic (exact) mass is 354 g/mol. The Morgan fingerprint density at radius 3 is 2.20 bits per heavy atom. The summed E-state index contributed by atoms with van der Waals surface area (Å²) in [4.78, 5) is 0. The van der Waals surface area contributed by atoms with Gasteiger partial charge in [-0.05, 0) is 48.8 Å². The number of hydrogen-bond acceptors (Lipinski definition) is 2. The Balaban J connectivity index is 2.30. The Kier molecular flexibility index (Phi) is 7.24. The van der Waals surface area contributed by atoms with Crippen molar-refractivity contribution in [3.63, 3.8) is 0 Å². The first-order valence-electron chi connectivity index (χ1n) is 9.63. The molecule has 2 unspecified atom stereocenters. The molecule has 142 valence electrons. The van der Waals surface area contributed by atoms with Crippen LogP contribution in [0.25, 0.3) is 0 Å². The molecule has 0 heterocycles. The van der Waals surface area contributed by atoms with Crippen LogP contribution in [0.5, 0.6) is 5.75 Å². The van der Waals surface area contributed by atoms with Gasteiger partial charge in [0.05, 0.1) is 12.5 Å². The lowest BCUT2D eigenvalue weighted by Crippen LogP contribution is -2.46. The average molecular weight is 354 g/mol. The molecule has 0 aliphatic heterocycles. The fourth-order valence-corrected chi connectivity index (χ4v) is 4.06. The Bertz CT molecular complexity index is 509. The van der Waals surface area contributed by atoms with E-state index in [9.17, 15) is 13.9 Å². The largest absolute Gasteiger partial charge is 0.493 e. The summed E-state index contributed by atoms with van der Waals surface area (Å²) >= 11 is 0. The van der Waals surface area contributed by atoms with E-state index in [0.717, 1.165) is 32.1 Å². The van der Waals surface area contributed by atoms with Crippen LogP contribution >= 0.6 is 0 Å². The van der Waals surface area contributed by atoms with E-state index in [-0.39, 0.29) is 12.3 Å². The quantitative estimate of drug-likeness (QED) is 0.641. The Morgan fingerprint density at radius 2 is 1.72 bits per heavy atom. The van der Waals surface area contributed by atoms with Gasteiger partial charge in [0.1, 0.15) is 11.4 Å². The number of hydrogen-bond donors (Lipinski definition) is 1. The van der Waals surface area contributed by atoms with Crippen LogP contribution in [0.2, 0.25) is 0 Å². The summed E-state index contributed by atoms with van der Waals surface area (Å²) in [6.45, 7) is 6.50. The molecule has 2 atom stereocenters. The molecule has 1 saturated carbocycles. The molecule has 0 radical (unpaired) electrons. The van der Waals surface area contributed by atoms with E-state index in [1.165, 1.54) is 0 Å². The van der Waals surface area contributed by atoms with Crippen LogP contribution in [0.3, 0.4) is 0 Å². The fraction of sp³-hybridized carbons (Fsp3) is 0.714. The summed E-state index contributed by atoms with van der Waals surface area (Å²) in [6.07, 6.45) is 2.48. The lowest BCUT2D eigenvalue weighted by Gasteiger charge is -2.44. The molecule has 25 heavy (non-hydrogen) atoms.